The van der Waals surface area contributed by atoms with Gasteiger partial charge in [0.1, 0.15) is 11.9 Å². The second-order valence-corrected chi connectivity index (χ2v) is 6.77. The number of hydrogen-bond acceptors (Lipinski definition) is 2. The van der Waals surface area contributed by atoms with Crippen LogP contribution in [-0.2, 0) is 6.54 Å². The number of ether oxygens (including phenoxy) is 1. The van der Waals surface area contributed by atoms with E-state index in [9.17, 15) is 0 Å². The molecule has 0 aliphatic carbocycles. The van der Waals surface area contributed by atoms with Crippen LogP contribution < -0.4 is 32.0 Å². The molecule has 3 nitrogen and oxygen atoms in total. The number of nitrogen functional groups attached to an aromatic ring is 1. The van der Waals surface area contributed by atoms with Crippen molar-refractivity contribution in [1.29, 1.82) is 0 Å². The summed E-state index contributed by atoms with van der Waals surface area (Å²) >= 11 is 0. The van der Waals surface area contributed by atoms with Crippen molar-refractivity contribution in [2.24, 2.45) is 0 Å². The van der Waals surface area contributed by atoms with E-state index in [2.05, 4.69) is 41.0 Å². The van der Waals surface area contributed by atoms with Crippen LogP contribution in [0.25, 0.3) is 0 Å². The first-order valence-electron chi connectivity index (χ1n) is 9.38. The predicted molar refractivity (Wildman–Crippen MR) is 112 cm³/mol. The fourth-order valence-corrected chi connectivity index (χ4v) is 3.18. The quantitative estimate of drug-likeness (QED) is 0.458. The van der Waals surface area contributed by atoms with Crippen LogP contribution in [0.15, 0.2) is 109 Å². The molecular formula is C25H23BrN2O. The number of benzene rings is 3. The zero-order chi connectivity index (χ0) is 19.2. The van der Waals surface area contributed by atoms with Crippen molar-refractivity contribution in [2.75, 3.05) is 5.73 Å². The monoisotopic (exact) mass is 446 g/mol. The molecule has 2 N–H and O–H groups in total. The van der Waals surface area contributed by atoms with E-state index in [-0.39, 0.29) is 23.1 Å². The van der Waals surface area contributed by atoms with Gasteiger partial charge in [0.05, 0.1) is 0 Å². The van der Waals surface area contributed by atoms with E-state index in [1.165, 1.54) is 5.56 Å². The lowest BCUT2D eigenvalue weighted by Gasteiger charge is -2.20. The lowest BCUT2D eigenvalue weighted by molar-refractivity contribution is -0.688. The predicted octanol–water partition coefficient (Wildman–Crippen LogP) is 1.78. The number of anilines is 1. The third-order valence-electron chi connectivity index (χ3n) is 4.66. The molecule has 0 radical (unpaired) electrons. The number of hydrogen-bond donors (Lipinski definition) is 1. The minimum absolute atomic E-state index is 0. The van der Waals surface area contributed by atoms with Gasteiger partial charge in [0.15, 0.2) is 18.9 Å². The normalized spacial score (nSPS) is 10.4. The van der Waals surface area contributed by atoms with Crippen molar-refractivity contribution in [1.82, 2.24) is 0 Å². The largest absolute Gasteiger partial charge is 1.00 e. The molecule has 0 aliphatic rings. The van der Waals surface area contributed by atoms with Crippen molar-refractivity contribution < 1.29 is 26.3 Å². The molecule has 1 heterocycles. The molecule has 1 aromatic heterocycles. The average molecular weight is 447 g/mol. The van der Waals surface area contributed by atoms with E-state index in [0.29, 0.717) is 0 Å². The number of aromatic nitrogens is 1. The second-order valence-electron chi connectivity index (χ2n) is 6.77. The molecule has 0 spiro atoms. The Balaban J connectivity index is 0.00000240. The van der Waals surface area contributed by atoms with Crippen LogP contribution in [0.4, 0.5) is 5.69 Å². The highest BCUT2D eigenvalue weighted by Crippen LogP contribution is 2.28. The van der Waals surface area contributed by atoms with E-state index in [1.54, 1.807) is 0 Å². The third-order valence-corrected chi connectivity index (χ3v) is 4.66. The lowest BCUT2D eigenvalue weighted by atomic mass is 10.0. The summed E-state index contributed by atoms with van der Waals surface area (Å²) in [7, 11) is 0. The van der Waals surface area contributed by atoms with Crippen LogP contribution in [0.1, 0.15) is 22.8 Å². The number of halogens is 1. The molecular weight excluding hydrogens is 424 g/mol. The maximum absolute atomic E-state index is 6.38. The molecule has 4 rings (SSSR count). The van der Waals surface area contributed by atoms with Gasteiger partial charge in [-0.25, -0.2) is 4.57 Å². The Bertz CT molecular complexity index is 965. The summed E-state index contributed by atoms with van der Waals surface area (Å²) in [5, 5.41) is 0. The summed E-state index contributed by atoms with van der Waals surface area (Å²) in [4.78, 5) is 0. The van der Waals surface area contributed by atoms with Gasteiger partial charge in [-0.3, -0.25) is 0 Å². The highest BCUT2D eigenvalue weighted by atomic mass is 79.9. The van der Waals surface area contributed by atoms with E-state index in [0.717, 1.165) is 29.1 Å². The van der Waals surface area contributed by atoms with Crippen LogP contribution >= 0.6 is 0 Å². The summed E-state index contributed by atoms with van der Waals surface area (Å²) in [5.74, 6) is 0.851. The molecule has 29 heavy (non-hydrogen) atoms. The number of rotatable bonds is 6. The van der Waals surface area contributed by atoms with Gasteiger partial charge in [-0.2, -0.15) is 0 Å². The molecule has 0 aliphatic heterocycles. The highest BCUT2D eigenvalue weighted by molar-refractivity contribution is 5.34. The van der Waals surface area contributed by atoms with Gasteiger partial charge >= 0.3 is 0 Å². The zero-order valence-electron chi connectivity index (χ0n) is 16.0. The minimum Gasteiger partial charge on any atom is -1.00 e. The van der Waals surface area contributed by atoms with Gasteiger partial charge in [-0.05, 0) is 35.4 Å². The summed E-state index contributed by atoms with van der Waals surface area (Å²) in [6.07, 6.45) is 3.83. The fourth-order valence-electron chi connectivity index (χ4n) is 3.18. The number of nitrogens with two attached hydrogens (primary N) is 1. The van der Waals surface area contributed by atoms with Gasteiger partial charge in [0.2, 0.25) is 0 Å². The lowest BCUT2D eigenvalue weighted by Crippen LogP contribution is -3.00. The average Bonchev–Trinajstić information content (AvgIpc) is 2.76. The topological polar surface area (TPSA) is 39.1 Å². The first-order valence-corrected chi connectivity index (χ1v) is 9.38. The summed E-state index contributed by atoms with van der Waals surface area (Å²) < 4.78 is 8.48. The Labute approximate surface area is 182 Å². The standard InChI is InChI=1S/C25H22N2O.BrH/c26-23-15-17-27(18-16-23)19-20-11-13-24(14-12-20)28-25(21-7-3-1-4-8-21)22-9-5-2-6-10-22;/h1-18,25-26H,19H2;1H. The first kappa shape index (κ1) is 20.6. The highest BCUT2D eigenvalue weighted by Gasteiger charge is 2.15. The SMILES string of the molecule is Nc1cc[n+](Cc2ccc(OC(c3ccccc3)c3ccccc3)cc2)cc1.[Br-]. The Hall–Kier alpha value is -3.11. The maximum atomic E-state index is 6.38. The molecule has 0 bridgehead atoms. The van der Waals surface area contributed by atoms with Crippen molar-refractivity contribution >= 4 is 5.69 Å². The second kappa shape index (κ2) is 9.89. The van der Waals surface area contributed by atoms with Crippen molar-refractivity contribution in [2.45, 2.75) is 12.6 Å². The van der Waals surface area contributed by atoms with Gasteiger partial charge in [0, 0.05) is 23.4 Å². The molecule has 0 atom stereocenters. The molecule has 0 fully saturated rings. The Morgan fingerprint density at radius 3 is 1.72 bits per heavy atom. The Kier molecular flexibility index (Phi) is 7.04. The minimum atomic E-state index is -0.139. The number of pyridine rings is 1. The van der Waals surface area contributed by atoms with Gasteiger partial charge in [-0.1, -0.05) is 60.7 Å². The van der Waals surface area contributed by atoms with Crippen LogP contribution in [0.3, 0.4) is 0 Å². The van der Waals surface area contributed by atoms with Crippen LogP contribution in [0.2, 0.25) is 0 Å². The smallest absolute Gasteiger partial charge is 0.173 e. The van der Waals surface area contributed by atoms with E-state index in [4.69, 9.17) is 10.5 Å². The van der Waals surface area contributed by atoms with Crippen LogP contribution in [0, 0.1) is 0 Å². The van der Waals surface area contributed by atoms with E-state index >= 15 is 0 Å². The molecule has 146 valence electrons. The third kappa shape index (κ3) is 5.46. The zero-order valence-corrected chi connectivity index (χ0v) is 17.6. The van der Waals surface area contributed by atoms with Gasteiger partial charge < -0.3 is 27.5 Å². The van der Waals surface area contributed by atoms with Crippen molar-refractivity contribution in [3.63, 3.8) is 0 Å². The molecule has 0 saturated carbocycles. The summed E-state index contributed by atoms with van der Waals surface area (Å²) in [6, 6.07) is 32.7. The molecule has 3 aromatic carbocycles. The summed E-state index contributed by atoms with van der Waals surface area (Å²) in [5.41, 5.74) is 10.00. The van der Waals surface area contributed by atoms with Gasteiger partial charge in [-0.15, -0.1) is 0 Å². The van der Waals surface area contributed by atoms with E-state index < -0.39 is 0 Å². The Morgan fingerprint density at radius 2 is 1.21 bits per heavy atom. The molecule has 0 amide bonds. The molecule has 0 saturated heterocycles. The molecule has 0 unspecified atom stereocenters. The molecule has 4 heteroatoms. The fraction of sp³-hybridized carbons (Fsp3) is 0.0800. The van der Waals surface area contributed by atoms with Crippen molar-refractivity contribution in [3.05, 3.63) is 126 Å². The van der Waals surface area contributed by atoms with Crippen molar-refractivity contribution in [3.8, 4) is 5.75 Å². The van der Waals surface area contributed by atoms with Crippen LogP contribution in [-0.4, -0.2) is 0 Å². The number of nitrogens with zero attached hydrogens (tertiary/aromatic N) is 1. The van der Waals surface area contributed by atoms with Crippen LogP contribution in [0.5, 0.6) is 5.75 Å². The first-order chi connectivity index (χ1) is 13.8. The van der Waals surface area contributed by atoms with E-state index in [1.807, 2.05) is 73.1 Å². The summed E-state index contributed by atoms with van der Waals surface area (Å²) in [6.45, 7) is 0.793. The van der Waals surface area contributed by atoms with Gasteiger partial charge in [0.25, 0.3) is 0 Å². The Morgan fingerprint density at radius 1 is 0.690 bits per heavy atom. The maximum Gasteiger partial charge on any atom is 0.173 e. The molecule has 4 aromatic rings.